The van der Waals surface area contributed by atoms with E-state index >= 15 is 0 Å². The van der Waals surface area contributed by atoms with Crippen LogP contribution in [0.1, 0.15) is 6.42 Å². The van der Waals surface area contributed by atoms with Gasteiger partial charge < -0.3 is 10.5 Å². The molecule has 0 aliphatic heterocycles. The summed E-state index contributed by atoms with van der Waals surface area (Å²) in [6.07, 6.45) is 1.60. The summed E-state index contributed by atoms with van der Waals surface area (Å²) in [5.74, 6) is 1.89. The summed E-state index contributed by atoms with van der Waals surface area (Å²) in [5, 5.41) is 0. The topological polar surface area (TPSA) is 43.1 Å². The number of carbonyl (C=O) groups excluding carboxylic acids is 1. The molecule has 2 N–H and O–H groups in total. The number of hydrogen-bond donors (Lipinski definition) is 1. The van der Waals surface area contributed by atoms with Crippen molar-refractivity contribution in [2.45, 2.75) is 6.42 Å². The highest BCUT2D eigenvalue weighted by molar-refractivity contribution is 8.76. The van der Waals surface area contributed by atoms with Gasteiger partial charge in [-0.15, -0.1) is 0 Å². The van der Waals surface area contributed by atoms with Crippen molar-refractivity contribution in [2.75, 3.05) is 18.1 Å². The van der Waals surface area contributed by atoms with Crippen LogP contribution in [0.2, 0.25) is 0 Å². The first kappa shape index (κ1) is 9.33. The maximum absolute atomic E-state index is 9.79. The molecule has 0 aromatic heterocycles. The molecule has 0 bridgehead atoms. The van der Waals surface area contributed by atoms with Crippen LogP contribution >= 0.6 is 21.6 Å². The monoisotopic (exact) mass is 165 g/mol. The standard InChI is InChI=1S/C5H11NOS2/c6-2-5-9-8-4-1-3-7/h3H,1-2,4-6H2. The van der Waals surface area contributed by atoms with Crippen LogP contribution in [0.15, 0.2) is 0 Å². The van der Waals surface area contributed by atoms with E-state index in [4.69, 9.17) is 5.73 Å². The Kier molecular flexibility index (Phi) is 8.64. The predicted octanol–water partition coefficient (Wildman–Crippen LogP) is 0.916. The molecule has 0 atom stereocenters. The quantitative estimate of drug-likeness (QED) is 0.361. The first-order valence-corrected chi connectivity index (χ1v) is 5.28. The normalized spacial score (nSPS) is 9.44. The molecule has 54 valence electrons. The maximum atomic E-state index is 9.79. The van der Waals surface area contributed by atoms with Crippen molar-refractivity contribution < 1.29 is 4.79 Å². The number of hydrogen-bond acceptors (Lipinski definition) is 4. The third-order valence-corrected chi connectivity index (χ3v) is 3.07. The van der Waals surface area contributed by atoms with Gasteiger partial charge in [0.15, 0.2) is 0 Å². The predicted molar refractivity (Wildman–Crippen MR) is 44.7 cm³/mol. The Morgan fingerprint density at radius 3 is 2.56 bits per heavy atom. The van der Waals surface area contributed by atoms with E-state index in [1.54, 1.807) is 21.6 Å². The fourth-order valence-corrected chi connectivity index (χ4v) is 2.07. The summed E-state index contributed by atoms with van der Waals surface area (Å²) in [4.78, 5) is 9.79. The van der Waals surface area contributed by atoms with Gasteiger partial charge in [0.05, 0.1) is 0 Å². The zero-order chi connectivity index (χ0) is 6.95. The zero-order valence-electron chi connectivity index (χ0n) is 5.21. The second kappa shape index (κ2) is 8.33. The van der Waals surface area contributed by atoms with Gasteiger partial charge in [0, 0.05) is 24.5 Å². The molecular weight excluding hydrogens is 154 g/mol. The Morgan fingerprint density at radius 1 is 1.33 bits per heavy atom. The Morgan fingerprint density at radius 2 is 2.00 bits per heavy atom. The van der Waals surface area contributed by atoms with Crippen molar-refractivity contribution in [3.05, 3.63) is 0 Å². The Labute approximate surface area is 63.3 Å². The number of nitrogens with two attached hydrogens (primary N) is 1. The minimum Gasteiger partial charge on any atom is -0.330 e. The number of rotatable bonds is 6. The van der Waals surface area contributed by atoms with Gasteiger partial charge >= 0.3 is 0 Å². The smallest absolute Gasteiger partial charge is 0.120 e. The van der Waals surface area contributed by atoms with Gasteiger partial charge in [0.25, 0.3) is 0 Å². The first-order chi connectivity index (χ1) is 4.41. The highest BCUT2D eigenvalue weighted by Gasteiger charge is 1.86. The van der Waals surface area contributed by atoms with Crippen LogP contribution in [0.4, 0.5) is 0 Å². The summed E-state index contributed by atoms with van der Waals surface area (Å²) in [6, 6.07) is 0. The van der Waals surface area contributed by atoms with E-state index < -0.39 is 0 Å². The van der Waals surface area contributed by atoms with Gasteiger partial charge in [-0.2, -0.15) is 0 Å². The lowest BCUT2D eigenvalue weighted by Crippen LogP contribution is -1.99. The lowest BCUT2D eigenvalue weighted by Gasteiger charge is -1.93. The highest BCUT2D eigenvalue weighted by Crippen LogP contribution is 2.19. The molecule has 0 amide bonds. The van der Waals surface area contributed by atoms with Gasteiger partial charge in [0.1, 0.15) is 6.29 Å². The van der Waals surface area contributed by atoms with Gasteiger partial charge in [0.2, 0.25) is 0 Å². The van der Waals surface area contributed by atoms with E-state index in [9.17, 15) is 4.79 Å². The van der Waals surface area contributed by atoms with Crippen LogP contribution in [-0.2, 0) is 4.79 Å². The molecule has 0 rings (SSSR count). The van der Waals surface area contributed by atoms with Crippen molar-refractivity contribution in [3.8, 4) is 0 Å². The Balaban J connectivity index is 2.66. The van der Waals surface area contributed by atoms with Crippen LogP contribution in [0, 0.1) is 0 Å². The van der Waals surface area contributed by atoms with Crippen molar-refractivity contribution in [2.24, 2.45) is 5.73 Å². The Hall–Kier alpha value is 0.330. The molecular formula is C5H11NOS2. The van der Waals surface area contributed by atoms with Crippen molar-refractivity contribution in [1.29, 1.82) is 0 Å². The van der Waals surface area contributed by atoms with Crippen molar-refractivity contribution in [1.82, 2.24) is 0 Å². The largest absolute Gasteiger partial charge is 0.330 e. The maximum Gasteiger partial charge on any atom is 0.120 e. The summed E-state index contributed by atoms with van der Waals surface area (Å²) >= 11 is 0. The minimum absolute atomic E-state index is 0.655. The third kappa shape index (κ3) is 8.33. The molecule has 0 saturated carbocycles. The van der Waals surface area contributed by atoms with Gasteiger partial charge in [-0.25, -0.2) is 0 Å². The molecule has 0 radical (unpaired) electrons. The first-order valence-electron chi connectivity index (χ1n) is 2.80. The second-order valence-corrected chi connectivity index (χ2v) is 4.09. The van der Waals surface area contributed by atoms with Crippen molar-refractivity contribution in [3.63, 3.8) is 0 Å². The van der Waals surface area contributed by atoms with Gasteiger partial charge in [-0.05, 0) is 0 Å². The SMILES string of the molecule is NCCSSCCC=O. The second-order valence-electron chi connectivity index (χ2n) is 1.39. The molecule has 0 aliphatic carbocycles. The summed E-state index contributed by atoms with van der Waals surface area (Å²) in [6.45, 7) is 0.721. The zero-order valence-corrected chi connectivity index (χ0v) is 6.84. The molecule has 0 heterocycles. The Bertz CT molecular complexity index is 70.0. The highest BCUT2D eigenvalue weighted by atomic mass is 33.1. The van der Waals surface area contributed by atoms with E-state index in [-0.39, 0.29) is 0 Å². The summed E-state index contributed by atoms with van der Waals surface area (Å²) in [5.41, 5.74) is 5.24. The fourth-order valence-electron chi connectivity index (χ4n) is 0.262. The molecule has 0 unspecified atom stereocenters. The van der Waals surface area contributed by atoms with Crippen LogP contribution in [0.5, 0.6) is 0 Å². The molecule has 0 saturated heterocycles. The molecule has 9 heavy (non-hydrogen) atoms. The number of carbonyl (C=O) groups is 1. The van der Waals surface area contributed by atoms with Crippen LogP contribution in [0.3, 0.4) is 0 Å². The van der Waals surface area contributed by atoms with Gasteiger partial charge in [-0.1, -0.05) is 21.6 Å². The van der Waals surface area contributed by atoms with Gasteiger partial charge in [-0.3, -0.25) is 0 Å². The molecule has 0 aromatic carbocycles. The third-order valence-electron chi connectivity index (χ3n) is 0.604. The number of aldehydes is 1. The molecule has 2 nitrogen and oxygen atoms in total. The average molecular weight is 165 g/mol. The average Bonchev–Trinajstić information content (AvgIpc) is 1.89. The lowest BCUT2D eigenvalue weighted by atomic mass is 10.6. The molecule has 0 fully saturated rings. The summed E-state index contributed by atoms with van der Waals surface area (Å²) < 4.78 is 0. The van der Waals surface area contributed by atoms with E-state index in [2.05, 4.69) is 0 Å². The molecule has 0 aliphatic rings. The molecule has 0 aromatic rings. The van der Waals surface area contributed by atoms with Crippen LogP contribution in [-0.4, -0.2) is 24.3 Å². The minimum atomic E-state index is 0.655. The lowest BCUT2D eigenvalue weighted by molar-refractivity contribution is -0.107. The van der Waals surface area contributed by atoms with E-state index in [1.807, 2.05) is 0 Å². The van der Waals surface area contributed by atoms with E-state index in [0.29, 0.717) is 6.42 Å². The van der Waals surface area contributed by atoms with Crippen molar-refractivity contribution >= 4 is 27.9 Å². The molecule has 4 heteroatoms. The van der Waals surface area contributed by atoms with E-state index in [0.717, 1.165) is 24.3 Å². The van der Waals surface area contributed by atoms with E-state index in [1.165, 1.54) is 0 Å². The summed E-state index contributed by atoms with van der Waals surface area (Å²) in [7, 11) is 3.43. The van der Waals surface area contributed by atoms with Crippen LogP contribution in [0.25, 0.3) is 0 Å². The fraction of sp³-hybridized carbons (Fsp3) is 0.800. The van der Waals surface area contributed by atoms with Crippen LogP contribution < -0.4 is 5.73 Å². The molecule has 0 spiro atoms.